The van der Waals surface area contributed by atoms with E-state index in [1.807, 2.05) is 7.05 Å². The second kappa shape index (κ2) is 6.48. The third-order valence-electron chi connectivity index (χ3n) is 3.11. The molecule has 1 aliphatic rings. The minimum Gasteiger partial charge on any atom is -0.376 e. The van der Waals surface area contributed by atoms with Crippen LogP contribution in [-0.4, -0.2) is 39.0 Å². The Morgan fingerprint density at radius 2 is 2.33 bits per heavy atom. The van der Waals surface area contributed by atoms with Gasteiger partial charge in [0.2, 0.25) is 0 Å². The van der Waals surface area contributed by atoms with Gasteiger partial charge in [-0.05, 0) is 37.2 Å². The van der Waals surface area contributed by atoms with Crippen molar-refractivity contribution in [3.8, 4) is 0 Å². The fraction of sp³-hybridized carbons (Fsp3) is 0.538. The van der Waals surface area contributed by atoms with Gasteiger partial charge in [0.25, 0.3) is 0 Å². The summed E-state index contributed by atoms with van der Waals surface area (Å²) < 4.78 is 24.7. The Morgan fingerprint density at radius 3 is 3.00 bits per heavy atom. The third kappa shape index (κ3) is 3.42. The van der Waals surface area contributed by atoms with Crippen molar-refractivity contribution in [2.45, 2.75) is 18.6 Å². The summed E-state index contributed by atoms with van der Waals surface area (Å²) in [6.07, 6.45) is 0.471. The summed E-state index contributed by atoms with van der Waals surface area (Å²) in [5.41, 5.74) is 0.594. The molecule has 18 heavy (non-hydrogen) atoms. The number of hydrogen-bond donors (Lipinski definition) is 1. The zero-order valence-corrected chi connectivity index (χ0v) is 11.0. The Hall–Kier alpha value is -0.680. The van der Waals surface area contributed by atoms with Gasteiger partial charge in [0.05, 0.1) is 25.9 Å². The maximum Gasteiger partial charge on any atom is 0.126 e. The van der Waals surface area contributed by atoms with Crippen LogP contribution in [0, 0.1) is 5.82 Å². The van der Waals surface area contributed by atoms with Gasteiger partial charge in [-0.2, -0.15) is 0 Å². The first kappa shape index (κ1) is 13.7. The van der Waals surface area contributed by atoms with E-state index >= 15 is 0 Å². The maximum atomic E-state index is 13.7. The number of hydrogen-bond acceptors (Lipinski definition) is 3. The monoisotopic (exact) mass is 273 g/mol. The number of rotatable bonds is 4. The summed E-state index contributed by atoms with van der Waals surface area (Å²) in [5.74, 6) is -0.239. The fourth-order valence-electron chi connectivity index (χ4n) is 2.09. The van der Waals surface area contributed by atoms with Gasteiger partial charge in [-0.1, -0.05) is 11.6 Å². The molecule has 0 amide bonds. The lowest BCUT2D eigenvalue weighted by atomic mass is 10.0. The minimum absolute atomic E-state index is 0.0123. The Morgan fingerprint density at radius 1 is 1.50 bits per heavy atom. The topological polar surface area (TPSA) is 30.5 Å². The van der Waals surface area contributed by atoms with Gasteiger partial charge in [-0.25, -0.2) is 4.39 Å². The van der Waals surface area contributed by atoms with Crippen LogP contribution in [0.15, 0.2) is 18.2 Å². The lowest BCUT2D eigenvalue weighted by Gasteiger charge is -2.30. The molecule has 2 rings (SSSR count). The molecule has 1 aromatic rings. The highest BCUT2D eigenvalue weighted by Gasteiger charge is 2.25. The summed E-state index contributed by atoms with van der Waals surface area (Å²) in [6, 6.07) is 4.61. The molecule has 0 spiro atoms. The molecule has 100 valence electrons. The van der Waals surface area contributed by atoms with Gasteiger partial charge in [-0.3, -0.25) is 0 Å². The standard InChI is InChI=1S/C13H17ClFNO2/c1-16-12(13-8-17-4-5-18-13)7-9-6-10(14)2-3-11(9)15/h2-3,6,12-13,16H,4-5,7-8H2,1H3. The molecule has 2 atom stereocenters. The van der Waals surface area contributed by atoms with E-state index in [2.05, 4.69) is 5.32 Å². The van der Waals surface area contributed by atoms with Crippen LogP contribution in [-0.2, 0) is 15.9 Å². The minimum atomic E-state index is -0.239. The average molecular weight is 274 g/mol. The molecule has 0 radical (unpaired) electrons. The van der Waals surface area contributed by atoms with Crippen molar-refractivity contribution in [2.24, 2.45) is 0 Å². The van der Waals surface area contributed by atoms with Gasteiger partial charge in [0.1, 0.15) is 5.82 Å². The normalized spacial score (nSPS) is 21.8. The van der Waals surface area contributed by atoms with Crippen molar-refractivity contribution in [2.75, 3.05) is 26.9 Å². The fourth-order valence-corrected chi connectivity index (χ4v) is 2.29. The van der Waals surface area contributed by atoms with Crippen molar-refractivity contribution in [3.63, 3.8) is 0 Å². The van der Waals surface area contributed by atoms with Crippen LogP contribution in [0.2, 0.25) is 5.02 Å². The second-order valence-corrected chi connectivity index (χ2v) is 4.76. The summed E-state index contributed by atoms with van der Waals surface area (Å²) in [6.45, 7) is 1.74. The zero-order valence-electron chi connectivity index (χ0n) is 10.3. The van der Waals surface area contributed by atoms with Crippen molar-refractivity contribution in [1.82, 2.24) is 5.32 Å². The number of ether oxygens (including phenoxy) is 2. The molecule has 0 saturated carbocycles. The smallest absolute Gasteiger partial charge is 0.126 e. The second-order valence-electron chi connectivity index (χ2n) is 4.32. The van der Waals surface area contributed by atoms with Gasteiger partial charge in [0, 0.05) is 11.1 Å². The molecule has 1 N–H and O–H groups in total. The Kier molecular flexibility index (Phi) is 4.95. The lowest BCUT2D eigenvalue weighted by molar-refractivity contribution is -0.100. The van der Waals surface area contributed by atoms with Crippen LogP contribution in [0.4, 0.5) is 4.39 Å². The summed E-state index contributed by atoms with van der Waals surface area (Å²) in [7, 11) is 1.84. The third-order valence-corrected chi connectivity index (χ3v) is 3.34. The van der Waals surface area contributed by atoms with Gasteiger partial charge < -0.3 is 14.8 Å². The number of benzene rings is 1. The predicted octanol–water partition coefficient (Wildman–Crippen LogP) is 2.02. The molecule has 1 saturated heterocycles. The first-order valence-corrected chi connectivity index (χ1v) is 6.39. The molecule has 3 nitrogen and oxygen atoms in total. The highest BCUT2D eigenvalue weighted by molar-refractivity contribution is 6.30. The van der Waals surface area contributed by atoms with Crippen molar-refractivity contribution in [1.29, 1.82) is 0 Å². The first-order chi connectivity index (χ1) is 8.70. The molecule has 2 unspecified atom stereocenters. The Balaban J connectivity index is 2.06. The molecule has 0 aromatic heterocycles. The molecule has 1 fully saturated rings. The largest absolute Gasteiger partial charge is 0.376 e. The van der Waals surface area contributed by atoms with Crippen LogP contribution in [0.1, 0.15) is 5.56 Å². The number of nitrogens with one attached hydrogen (secondary N) is 1. The highest BCUT2D eigenvalue weighted by Crippen LogP contribution is 2.18. The molecule has 1 aliphatic heterocycles. The Bertz CT molecular complexity index is 397. The van der Waals surface area contributed by atoms with Crippen LogP contribution >= 0.6 is 11.6 Å². The highest BCUT2D eigenvalue weighted by atomic mass is 35.5. The molecule has 5 heteroatoms. The van der Waals surface area contributed by atoms with Crippen LogP contribution in [0.5, 0.6) is 0 Å². The van der Waals surface area contributed by atoms with Gasteiger partial charge in [-0.15, -0.1) is 0 Å². The van der Waals surface area contributed by atoms with Crippen molar-refractivity contribution in [3.05, 3.63) is 34.6 Å². The van der Waals surface area contributed by atoms with E-state index < -0.39 is 0 Å². The maximum absolute atomic E-state index is 13.7. The van der Waals surface area contributed by atoms with E-state index in [9.17, 15) is 4.39 Å². The summed E-state index contributed by atoms with van der Waals surface area (Å²) in [4.78, 5) is 0. The van der Waals surface area contributed by atoms with E-state index in [1.165, 1.54) is 6.07 Å². The predicted molar refractivity (Wildman–Crippen MR) is 68.5 cm³/mol. The van der Waals surface area contributed by atoms with E-state index in [0.717, 1.165) is 0 Å². The van der Waals surface area contributed by atoms with E-state index in [0.29, 0.717) is 36.8 Å². The van der Waals surface area contributed by atoms with Crippen LogP contribution in [0.25, 0.3) is 0 Å². The quantitative estimate of drug-likeness (QED) is 0.911. The number of halogens is 2. The van der Waals surface area contributed by atoms with Crippen LogP contribution in [0.3, 0.4) is 0 Å². The Labute approximate surface area is 111 Å². The number of likely N-dealkylation sites (N-methyl/N-ethyl adjacent to an activating group) is 1. The van der Waals surface area contributed by atoms with Gasteiger partial charge >= 0.3 is 0 Å². The molecule has 1 aromatic carbocycles. The van der Waals surface area contributed by atoms with E-state index in [1.54, 1.807) is 12.1 Å². The van der Waals surface area contributed by atoms with E-state index in [4.69, 9.17) is 21.1 Å². The molecule has 1 heterocycles. The zero-order chi connectivity index (χ0) is 13.0. The van der Waals surface area contributed by atoms with Crippen molar-refractivity contribution >= 4 is 11.6 Å². The van der Waals surface area contributed by atoms with E-state index in [-0.39, 0.29) is 18.0 Å². The molecule has 0 aliphatic carbocycles. The first-order valence-electron chi connectivity index (χ1n) is 6.01. The van der Waals surface area contributed by atoms with Gasteiger partial charge in [0.15, 0.2) is 0 Å². The average Bonchev–Trinajstić information content (AvgIpc) is 2.41. The molecular weight excluding hydrogens is 257 g/mol. The summed E-state index contributed by atoms with van der Waals surface area (Å²) >= 11 is 5.89. The lowest BCUT2D eigenvalue weighted by Crippen LogP contribution is -2.46. The van der Waals surface area contributed by atoms with Crippen LogP contribution < -0.4 is 5.32 Å². The summed E-state index contributed by atoms with van der Waals surface area (Å²) in [5, 5.41) is 3.70. The molecule has 0 bridgehead atoms. The SMILES string of the molecule is CNC(Cc1cc(Cl)ccc1F)C1COCCO1. The molecular formula is C13H17ClFNO2. The van der Waals surface area contributed by atoms with Crippen molar-refractivity contribution < 1.29 is 13.9 Å².